The van der Waals surface area contributed by atoms with E-state index in [1.165, 1.54) is 12.0 Å². The fraction of sp³-hybridized carbons (Fsp3) is 0.778. The van der Waals surface area contributed by atoms with E-state index in [0.29, 0.717) is 0 Å². The molecule has 1 fully saturated rings. The number of amides is 1. The predicted molar refractivity (Wildman–Crippen MR) is 49.8 cm³/mol. The maximum atomic E-state index is 11.5. The average Bonchev–Trinajstić information content (AvgIpc) is 2.62. The number of carbonyl (C=O) groups is 2. The van der Waals surface area contributed by atoms with E-state index in [1.54, 1.807) is 0 Å². The molecule has 15 heavy (non-hydrogen) atoms. The molecule has 0 aliphatic carbocycles. The van der Waals surface area contributed by atoms with E-state index < -0.39 is 17.9 Å². The number of aliphatic hydroxyl groups excluding tert-OH is 2. The van der Waals surface area contributed by atoms with Gasteiger partial charge in [-0.05, 0) is 0 Å². The zero-order chi connectivity index (χ0) is 11.4. The van der Waals surface area contributed by atoms with Crippen molar-refractivity contribution in [1.29, 1.82) is 0 Å². The molecule has 1 unspecified atom stereocenters. The molecule has 0 aromatic heterocycles. The molecule has 1 amide bonds. The van der Waals surface area contributed by atoms with Crippen LogP contribution in [0.4, 0.5) is 0 Å². The summed E-state index contributed by atoms with van der Waals surface area (Å²) in [6.45, 7) is -0.413. The predicted octanol–water partition coefficient (Wildman–Crippen LogP) is -1.64. The fourth-order valence-electron chi connectivity index (χ4n) is 1.66. The number of hydrogen-bond acceptors (Lipinski definition) is 5. The molecular weight excluding hydrogens is 202 g/mol. The van der Waals surface area contributed by atoms with Gasteiger partial charge >= 0.3 is 5.97 Å². The number of rotatable bonds is 4. The summed E-state index contributed by atoms with van der Waals surface area (Å²) in [5, 5.41) is 17.8. The lowest BCUT2D eigenvalue weighted by atomic mass is 10.1. The van der Waals surface area contributed by atoms with Crippen molar-refractivity contribution >= 4 is 11.9 Å². The monoisotopic (exact) mass is 217 g/mol. The number of ether oxygens (including phenoxy) is 1. The Hall–Kier alpha value is -1.14. The van der Waals surface area contributed by atoms with E-state index in [-0.39, 0.29) is 32.1 Å². The quantitative estimate of drug-likeness (QED) is 0.551. The first-order valence-electron chi connectivity index (χ1n) is 4.73. The van der Waals surface area contributed by atoms with Crippen molar-refractivity contribution in [2.75, 3.05) is 26.9 Å². The Kier molecular flexibility index (Phi) is 4.05. The Bertz CT molecular complexity index is 251. The van der Waals surface area contributed by atoms with Crippen molar-refractivity contribution in [3.05, 3.63) is 0 Å². The zero-order valence-corrected chi connectivity index (χ0v) is 8.55. The van der Waals surface area contributed by atoms with Crippen LogP contribution in [0.15, 0.2) is 0 Å². The van der Waals surface area contributed by atoms with Gasteiger partial charge in [0, 0.05) is 13.0 Å². The minimum atomic E-state index is -0.618. The van der Waals surface area contributed by atoms with Crippen LogP contribution in [0.25, 0.3) is 0 Å². The Morgan fingerprint density at radius 1 is 1.60 bits per heavy atom. The topological polar surface area (TPSA) is 87.1 Å². The second-order valence-electron chi connectivity index (χ2n) is 3.49. The van der Waals surface area contributed by atoms with Gasteiger partial charge in [-0.15, -0.1) is 0 Å². The van der Waals surface area contributed by atoms with Crippen LogP contribution in [0.2, 0.25) is 0 Å². The minimum absolute atomic E-state index is 0.0865. The maximum absolute atomic E-state index is 11.5. The van der Waals surface area contributed by atoms with Crippen molar-refractivity contribution in [1.82, 2.24) is 4.90 Å². The summed E-state index contributed by atoms with van der Waals surface area (Å²) in [5.41, 5.74) is 0. The van der Waals surface area contributed by atoms with Gasteiger partial charge in [0.2, 0.25) is 5.91 Å². The number of likely N-dealkylation sites (tertiary alicyclic amines) is 1. The lowest BCUT2D eigenvalue weighted by molar-refractivity contribution is -0.145. The Morgan fingerprint density at radius 3 is 2.67 bits per heavy atom. The molecule has 0 aromatic rings. The SMILES string of the molecule is COC(=O)C1CC(=O)N(C(CO)CO)C1. The number of hydrogen-bond donors (Lipinski definition) is 2. The van der Waals surface area contributed by atoms with Crippen molar-refractivity contribution in [2.24, 2.45) is 5.92 Å². The van der Waals surface area contributed by atoms with Gasteiger partial charge in [-0.25, -0.2) is 0 Å². The lowest BCUT2D eigenvalue weighted by Gasteiger charge is -2.24. The summed E-state index contributed by atoms with van der Waals surface area (Å²) in [6.07, 6.45) is 0.0865. The zero-order valence-electron chi connectivity index (χ0n) is 8.55. The van der Waals surface area contributed by atoms with Gasteiger partial charge in [0.15, 0.2) is 0 Å². The molecule has 86 valence electrons. The largest absolute Gasteiger partial charge is 0.469 e. The van der Waals surface area contributed by atoms with Crippen LogP contribution in [-0.4, -0.2) is 59.9 Å². The molecule has 1 aliphatic heterocycles. The van der Waals surface area contributed by atoms with Crippen LogP contribution in [0.5, 0.6) is 0 Å². The fourth-order valence-corrected chi connectivity index (χ4v) is 1.66. The second kappa shape index (κ2) is 5.09. The summed E-state index contributed by atoms with van der Waals surface area (Å²) in [5.74, 6) is -1.15. The first-order chi connectivity index (χ1) is 7.13. The summed E-state index contributed by atoms with van der Waals surface area (Å²) in [7, 11) is 1.27. The summed E-state index contributed by atoms with van der Waals surface area (Å²) >= 11 is 0. The van der Waals surface area contributed by atoms with Crippen LogP contribution in [0, 0.1) is 5.92 Å². The molecule has 0 radical (unpaired) electrons. The Labute approximate surface area is 87.4 Å². The van der Waals surface area contributed by atoms with Crippen LogP contribution < -0.4 is 0 Å². The van der Waals surface area contributed by atoms with E-state index >= 15 is 0 Å². The van der Waals surface area contributed by atoms with E-state index in [1.807, 2.05) is 0 Å². The first kappa shape index (κ1) is 11.9. The molecule has 1 atom stereocenters. The number of carbonyl (C=O) groups excluding carboxylic acids is 2. The molecule has 0 saturated carbocycles. The Morgan fingerprint density at radius 2 is 2.20 bits per heavy atom. The van der Waals surface area contributed by atoms with Crippen LogP contribution >= 0.6 is 0 Å². The highest BCUT2D eigenvalue weighted by Gasteiger charge is 2.37. The van der Waals surface area contributed by atoms with Crippen molar-refractivity contribution in [2.45, 2.75) is 12.5 Å². The number of esters is 1. The molecule has 1 heterocycles. The number of aliphatic hydroxyl groups is 2. The molecular formula is C9H15NO5. The normalized spacial score (nSPS) is 21.2. The van der Waals surface area contributed by atoms with Crippen molar-refractivity contribution < 1.29 is 24.5 Å². The molecule has 0 aromatic carbocycles. The minimum Gasteiger partial charge on any atom is -0.469 e. The van der Waals surface area contributed by atoms with Crippen molar-refractivity contribution in [3.63, 3.8) is 0 Å². The highest BCUT2D eigenvalue weighted by Crippen LogP contribution is 2.20. The molecule has 0 spiro atoms. The van der Waals surface area contributed by atoms with Crippen LogP contribution in [-0.2, 0) is 14.3 Å². The van der Waals surface area contributed by atoms with E-state index in [9.17, 15) is 9.59 Å². The van der Waals surface area contributed by atoms with Gasteiger partial charge in [0.1, 0.15) is 0 Å². The molecule has 1 aliphatic rings. The molecule has 1 saturated heterocycles. The number of methoxy groups -OCH3 is 1. The van der Waals surface area contributed by atoms with Gasteiger partial charge in [0.25, 0.3) is 0 Å². The van der Waals surface area contributed by atoms with E-state index in [2.05, 4.69) is 4.74 Å². The average molecular weight is 217 g/mol. The Balaban J connectivity index is 2.63. The van der Waals surface area contributed by atoms with Crippen LogP contribution in [0.3, 0.4) is 0 Å². The third-order valence-corrected chi connectivity index (χ3v) is 2.56. The van der Waals surface area contributed by atoms with Crippen LogP contribution in [0.1, 0.15) is 6.42 Å². The summed E-state index contributed by atoms with van der Waals surface area (Å²) in [4.78, 5) is 24.0. The smallest absolute Gasteiger partial charge is 0.310 e. The van der Waals surface area contributed by atoms with Gasteiger partial charge in [0.05, 0.1) is 32.3 Å². The molecule has 6 heteroatoms. The molecule has 0 bridgehead atoms. The summed E-state index contributed by atoms with van der Waals surface area (Å²) in [6, 6.07) is -0.618. The molecule has 6 nitrogen and oxygen atoms in total. The maximum Gasteiger partial charge on any atom is 0.310 e. The third kappa shape index (κ3) is 2.45. The molecule has 1 rings (SSSR count). The molecule has 2 N–H and O–H groups in total. The van der Waals surface area contributed by atoms with Gasteiger partial charge in [-0.1, -0.05) is 0 Å². The van der Waals surface area contributed by atoms with E-state index in [0.717, 1.165) is 0 Å². The highest BCUT2D eigenvalue weighted by atomic mass is 16.5. The van der Waals surface area contributed by atoms with E-state index in [4.69, 9.17) is 10.2 Å². The van der Waals surface area contributed by atoms with Crippen molar-refractivity contribution in [3.8, 4) is 0 Å². The highest BCUT2D eigenvalue weighted by molar-refractivity contribution is 5.87. The first-order valence-corrected chi connectivity index (χ1v) is 4.73. The standard InChI is InChI=1S/C9H15NO5/c1-15-9(14)6-2-8(13)10(3-6)7(4-11)5-12/h6-7,11-12H,2-5H2,1H3. The van der Waals surface area contributed by atoms with Gasteiger partial charge in [-0.3, -0.25) is 9.59 Å². The third-order valence-electron chi connectivity index (χ3n) is 2.56. The lowest BCUT2D eigenvalue weighted by Crippen LogP contribution is -2.42. The summed E-state index contributed by atoms with van der Waals surface area (Å²) < 4.78 is 4.53. The van der Waals surface area contributed by atoms with Gasteiger partial charge < -0.3 is 19.8 Å². The van der Waals surface area contributed by atoms with Gasteiger partial charge in [-0.2, -0.15) is 0 Å². The second-order valence-corrected chi connectivity index (χ2v) is 3.49. The number of nitrogens with zero attached hydrogens (tertiary/aromatic N) is 1.